The second-order valence-corrected chi connectivity index (χ2v) is 10.5. The number of nitriles is 1. The first-order chi connectivity index (χ1) is 18.2. The van der Waals surface area contributed by atoms with Gasteiger partial charge in [0.05, 0.1) is 17.9 Å². The third-order valence-electron chi connectivity index (χ3n) is 4.84. The first-order valence-corrected chi connectivity index (χ1v) is 13.3. The molecule has 0 radical (unpaired) electrons. The lowest BCUT2D eigenvalue weighted by molar-refractivity contribution is -0.192. The highest BCUT2D eigenvalue weighted by molar-refractivity contribution is 7.92. The quantitative estimate of drug-likeness (QED) is 0.254. The van der Waals surface area contributed by atoms with Crippen LogP contribution in [0.5, 0.6) is 11.5 Å². The van der Waals surface area contributed by atoms with Crippen LogP contribution in [0.15, 0.2) is 66.0 Å². The normalized spacial score (nSPS) is 11.2. The van der Waals surface area contributed by atoms with E-state index in [1.807, 2.05) is 18.2 Å². The van der Waals surface area contributed by atoms with Crippen molar-refractivity contribution in [1.82, 2.24) is 0 Å². The summed E-state index contributed by atoms with van der Waals surface area (Å²) in [5.74, 6) is -2.95. The number of rotatable bonds is 6. The van der Waals surface area contributed by atoms with E-state index < -0.39 is 28.1 Å². The Morgan fingerprint density at radius 3 is 2.21 bits per heavy atom. The predicted octanol–water partition coefficient (Wildman–Crippen LogP) is 5.94. The highest BCUT2D eigenvalue weighted by atomic mass is 32.2. The van der Waals surface area contributed by atoms with Crippen LogP contribution in [0.2, 0.25) is 0 Å². The fraction of sp³-hybridized carbons (Fsp3) is 0.0800. The molecule has 0 bridgehead atoms. The van der Waals surface area contributed by atoms with Gasteiger partial charge in [-0.25, -0.2) is 18.0 Å². The zero-order chi connectivity index (χ0) is 29.0. The molecular formula is C25H17F3N2O7S2. The number of benzene rings is 3. The largest absolute Gasteiger partial charge is 0.490 e. The first-order valence-electron chi connectivity index (χ1n) is 10.5. The third-order valence-corrected chi connectivity index (χ3v) is 6.35. The molecule has 9 nitrogen and oxygen atoms in total. The van der Waals surface area contributed by atoms with Crippen LogP contribution in [0.4, 0.5) is 18.9 Å². The van der Waals surface area contributed by atoms with Gasteiger partial charge in [-0.05, 0) is 64.7 Å². The molecule has 0 atom stereocenters. The van der Waals surface area contributed by atoms with Gasteiger partial charge in [0, 0.05) is 16.8 Å². The molecule has 0 saturated heterocycles. The number of hydrogen-bond acceptors (Lipinski definition) is 7. The minimum Gasteiger partial charge on any atom is -0.477 e. The van der Waals surface area contributed by atoms with Crippen LogP contribution < -0.4 is 9.46 Å². The predicted molar refractivity (Wildman–Crippen MR) is 138 cm³/mol. The van der Waals surface area contributed by atoms with Crippen molar-refractivity contribution in [3.05, 3.63) is 76.5 Å². The molecular weight excluding hydrogens is 561 g/mol. The summed E-state index contributed by atoms with van der Waals surface area (Å²) in [6, 6.07) is 19.2. The van der Waals surface area contributed by atoms with Crippen molar-refractivity contribution in [3.63, 3.8) is 0 Å². The second-order valence-electron chi connectivity index (χ2n) is 7.79. The molecule has 0 amide bonds. The maximum absolute atomic E-state index is 11.7. The molecule has 4 aromatic rings. The van der Waals surface area contributed by atoms with Gasteiger partial charge in [0.2, 0.25) is 10.0 Å². The maximum atomic E-state index is 11.7. The van der Waals surface area contributed by atoms with Crippen molar-refractivity contribution in [1.29, 1.82) is 5.26 Å². The van der Waals surface area contributed by atoms with Gasteiger partial charge in [0.15, 0.2) is 0 Å². The van der Waals surface area contributed by atoms with Crippen molar-refractivity contribution in [2.45, 2.75) is 6.18 Å². The third kappa shape index (κ3) is 7.69. The van der Waals surface area contributed by atoms with Gasteiger partial charge in [-0.3, -0.25) is 4.72 Å². The van der Waals surface area contributed by atoms with E-state index in [0.29, 0.717) is 33.9 Å². The summed E-state index contributed by atoms with van der Waals surface area (Å²) in [5, 5.41) is 29.2. The second kappa shape index (κ2) is 11.4. The summed E-state index contributed by atoms with van der Waals surface area (Å²) < 4.78 is 63.6. The number of alkyl halides is 3. The van der Waals surface area contributed by atoms with E-state index in [2.05, 4.69) is 10.8 Å². The fourth-order valence-electron chi connectivity index (χ4n) is 3.28. The summed E-state index contributed by atoms with van der Waals surface area (Å²) in [6.45, 7) is 0. The lowest BCUT2D eigenvalue weighted by Crippen LogP contribution is -2.21. The molecule has 39 heavy (non-hydrogen) atoms. The Hall–Kier alpha value is -4.61. The molecule has 0 unspecified atom stereocenters. The number of carboxylic acid groups (broad SMARTS) is 2. The summed E-state index contributed by atoms with van der Waals surface area (Å²) in [7, 11) is -3.52. The van der Waals surface area contributed by atoms with Crippen LogP contribution in [0, 0.1) is 11.3 Å². The van der Waals surface area contributed by atoms with Gasteiger partial charge < -0.3 is 14.9 Å². The van der Waals surface area contributed by atoms with Crippen LogP contribution in [0.25, 0.3) is 21.9 Å². The molecule has 202 valence electrons. The average molecular weight is 579 g/mol. The van der Waals surface area contributed by atoms with E-state index in [1.165, 1.54) is 0 Å². The number of aromatic carboxylic acids is 1. The smallest absolute Gasteiger partial charge is 0.477 e. The Labute approximate surface area is 223 Å². The number of carbonyl (C=O) groups is 2. The topological polar surface area (TPSA) is 154 Å². The van der Waals surface area contributed by atoms with Gasteiger partial charge in [0.1, 0.15) is 16.4 Å². The molecule has 0 spiro atoms. The van der Waals surface area contributed by atoms with Crippen molar-refractivity contribution in [2.75, 3.05) is 11.0 Å². The fourth-order valence-corrected chi connectivity index (χ4v) is 4.58. The molecule has 0 fully saturated rings. The minimum absolute atomic E-state index is 0.119. The van der Waals surface area contributed by atoms with Crippen molar-refractivity contribution in [3.8, 4) is 28.7 Å². The molecule has 14 heteroatoms. The molecule has 0 aliphatic heterocycles. The van der Waals surface area contributed by atoms with E-state index in [1.54, 1.807) is 47.8 Å². The highest BCUT2D eigenvalue weighted by Gasteiger charge is 2.38. The maximum Gasteiger partial charge on any atom is 0.490 e. The Balaban J connectivity index is 0.000000532. The molecule has 0 aliphatic carbocycles. The van der Waals surface area contributed by atoms with Crippen LogP contribution in [-0.2, 0) is 14.8 Å². The number of hydrogen-bond donors (Lipinski definition) is 3. The van der Waals surface area contributed by atoms with E-state index in [9.17, 15) is 31.5 Å². The van der Waals surface area contributed by atoms with Gasteiger partial charge in [-0.1, -0.05) is 12.1 Å². The Bertz CT molecular complexity index is 1710. The summed E-state index contributed by atoms with van der Waals surface area (Å²) >= 11 is 1.07. The molecule has 3 N–H and O–H groups in total. The summed E-state index contributed by atoms with van der Waals surface area (Å²) in [6.07, 6.45) is -4.04. The first kappa shape index (κ1) is 29.0. The summed E-state index contributed by atoms with van der Waals surface area (Å²) in [5.41, 5.74) is 1.72. The Morgan fingerprint density at radius 2 is 1.62 bits per heavy atom. The SMILES string of the molecule is CS(=O)(=O)Nc1ccc(Oc2ccc3cc(C#N)ccc3c2)c(-c2ccsc2C(=O)O)c1.O=C(O)C(F)(F)F. The Kier molecular flexibility index (Phi) is 8.48. The number of halogens is 3. The molecule has 0 saturated carbocycles. The van der Waals surface area contributed by atoms with E-state index in [-0.39, 0.29) is 4.88 Å². The number of aliphatic carboxylic acids is 1. The lowest BCUT2D eigenvalue weighted by Gasteiger charge is -2.14. The monoisotopic (exact) mass is 578 g/mol. The number of ether oxygens (including phenoxy) is 1. The molecule has 1 heterocycles. The van der Waals surface area contributed by atoms with Crippen LogP contribution in [0.1, 0.15) is 15.2 Å². The number of fused-ring (bicyclic) bond motifs is 1. The number of nitrogens with one attached hydrogen (secondary N) is 1. The zero-order valence-electron chi connectivity index (χ0n) is 19.7. The van der Waals surface area contributed by atoms with Crippen LogP contribution in [0.3, 0.4) is 0 Å². The van der Waals surface area contributed by atoms with Crippen molar-refractivity contribution >= 4 is 49.8 Å². The van der Waals surface area contributed by atoms with E-state index in [0.717, 1.165) is 28.4 Å². The number of thiophene rings is 1. The van der Waals surface area contributed by atoms with Gasteiger partial charge >= 0.3 is 18.1 Å². The van der Waals surface area contributed by atoms with E-state index in [4.69, 9.17) is 19.9 Å². The van der Waals surface area contributed by atoms with E-state index >= 15 is 0 Å². The van der Waals surface area contributed by atoms with Crippen molar-refractivity contribution < 1.29 is 46.1 Å². The van der Waals surface area contributed by atoms with Crippen LogP contribution in [-0.4, -0.2) is 43.0 Å². The number of anilines is 1. The zero-order valence-corrected chi connectivity index (χ0v) is 21.3. The van der Waals surface area contributed by atoms with Gasteiger partial charge in [-0.15, -0.1) is 11.3 Å². The molecule has 3 aromatic carbocycles. The summed E-state index contributed by atoms with van der Waals surface area (Å²) in [4.78, 5) is 20.7. The standard InChI is InChI=1S/C23H16N2O5S2.C2HF3O2/c1-32(28,29)25-17-5-7-21(20(12-17)19-8-9-31-22(19)23(26)27)30-18-6-4-15-10-14(13-24)2-3-16(15)11-18;3-2(4,5)1(6)7/h2-12,25H,1H3,(H,26,27);(H,6,7). The molecule has 4 rings (SSSR count). The number of sulfonamides is 1. The van der Waals surface area contributed by atoms with Gasteiger partial charge in [0.25, 0.3) is 0 Å². The lowest BCUT2D eigenvalue weighted by atomic mass is 10.0. The number of carboxylic acids is 2. The average Bonchev–Trinajstić information content (AvgIpc) is 3.34. The van der Waals surface area contributed by atoms with Gasteiger partial charge in [-0.2, -0.15) is 18.4 Å². The highest BCUT2D eigenvalue weighted by Crippen LogP contribution is 2.39. The molecule has 1 aromatic heterocycles. The van der Waals surface area contributed by atoms with Crippen molar-refractivity contribution in [2.24, 2.45) is 0 Å². The molecule has 0 aliphatic rings. The minimum atomic E-state index is -5.08. The van der Waals surface area contributed by atoms with Crippen LogP contribution >= 0.6 is 11.3 Å². The number of nitrogens with zero attached hydrogens (tertiary/aromatic N) is 1. The Morgan fingerprint density at radius 1 is 0.974 bits per heavy atom.